The fourth-order valence-electron chi connectivity index (χ4n) is 1.75. The molecule has 0 aliphatic carbocycles. The van der Waals surface area contributed by atoms with E-state index in [9.17, 15) is 9.18 Å². The number of nitrogens with zero attached hydrogens (tertiary/aromatic N) is 1. The number of rotatable bonds is 1. The van der Waals surface area contributed by atoms with Gasteiger partial charge in [0.1, 0.15) is 5.82 Å². The third-order valence-corrected chi connectivity index (χ3v) is 3.19. The van der Waals surface area contributed by atoms with Crippen molar-refractivity contribution in [2.24, 2.45) is 0 Å². The first-order valence-electron chi connectivity index (χ1n) is 4.89. The number of hydrogen-bond acceptors (Lipinski definition) is 1. The van der Waals surface area contributed by atoms with Gasteiger partial charge in [-0.05, 0) is 24.6 Å². The van der Waals surface area contributed by atoms with Gasteiger partial charge < -0.3 is 4.90 Å². The highest BCUT2D eigenvalue weighted by atomic mass is 35.5. The van der Waals surface area contributed by atoms with Crippen molar-refractivity contribution >= 4 is 34.8 Å². The zero-order chi connectivity index (χ0) is 11.9. The highest BCUT2D eigenvalue weighted by molar-refractivity contribution is 6.34. The predicted octanol–water partition coefficient (Wildman–Crippen LogP) is 3.13. The summed E-state index contributed by atoms with van der Waals surface area (Å²) in [6.45, 7) is 2.05. The van der Waals surface area contributed by atoms with Gasteiger partial charge in [-0.1, -0.05) is 11.6 Å². The number of hydrogen-bond donors (Lipinski definition) is 0. The van der Waals surface area contributed by atoms with Crippen molar-refractivity contribution in [1.29, 1.82) is 0 Å². The van der Waals surface area contributed by atoms with Crippen molar-refractivity contribution in [3.8, 4) is 0 Å². The first-order valence-corrected chi connectivity index (χ1v) is 5.70. The molecule has 86 valence electrons. The summed E-state index contributed by atoms with van der Waals surface area (Å²) in [6.07, 6.45) is 0.300. The Kier molecular flexibility index (Phi) is 3.08. The second-order valence-corrected chi connectivity index (χ2v) is 4.88. The molecule has 16 heavy (non-hydrogen) atoms. The second-order valence-electron chi connectivity index (χ2n) is 3.86. The molecule has 5 heteroatoms. The molecule has 0 N–H and O–H groups in total. The Labute approximate surface area is 103 Å². The number of alkyl halides is 1. The fraction of sp³-hybridized carbons (Fsp3) is 0.364. The average Bonchev–Trinajstić information content (AvgIpc) is 2.51. The van der Waals surface area contributed by atoms with Crippen LogP contribution >= 0.6 is 23.2 Å². The second kappa shape index (κ2) is 4.22. The summed E-state index contributed by atoms with van der Waals surface area (Å²) in [5.74, 6) is -0.448. The largest absolute Gasteiger partial charge is 0.309 e. The normalized spacial score (nSPS) is 20.6. The first kappa shape index (κ1) is 11.7. The first-order chi connectivity index (χ1) is 7.49. The standard InChI is InChI=1S/C11H10Cl2FNO/c1-6-2-10(8(13)4-9(6)14)15-5-7(12)3-11(15)16/h2,4,7H,3,5H2,1H3. The molecule has 1 aliphatic rings. The van der Waals surface area contributed by atoms with Crippen LogP contribution in [0.3, 0.4) is 0 Å². The SMILES string of the molecule is Cc1cc(N2CC(Cl)CC2=O)c(Cl)cc1F. The van der Waals surface area contributed by atoms with Crippen LogP contribution in [0.25, 0.3) is 0 Å². The lowest BCUT2D eigenvalue weighted by Gasteiger charge is -2.18. The molecular formula is C11H10Cl2FNO. The molecule has 2 nitrogen and oxygen atoms in total. The topological polar surface area (TPSA) is 20.3 Å². The van der Waals surface area contributed by atoms with Gasteiger partial charge in [0, 0.05) is 13.0 Å². The van der Waals surface area contributed by atoms with Crippen LogP contribution in [-0.2, 0) is 4.79 Å². The molecule has 1 aliphatic heterocycles. The summed E-state index contributed by atoms with van der Waals surface area (Å²) >= 11 is 11.8. The van der Waals surface area contributed by atoms with Crippen LogP contribution in [0.4, 0.5) is 10.1 Å². The summed E-state index contributed by atoms with van der Waals surface area (Å²) in [6, 6.07) is 2.80. The van der Waals surface area contributed by atoms with Crippen molar-refractivity contribution in [3.63, 3.8) is 0 Å². The summed E-state index contributed by atoms with van der Waals surface area (Å²) in [5, 5.41) is 0.0381. The van der Waals surface area contributed by atoms with Crippen LogP contribution in [0.5, 0.6) is 0 Å². The van der Waals surface area contributed by atoms with Crippen LogP contribution in [0.15, 0.2) is 12.1 Å². The maximum Gasteiger partial charge on any atom is 0.228 e. The monoisotopic (exact) mass is 261 g/mol. The van der Waals surface area contributed by atoms with E-state index in [0.717, 1.165) is 0 Å². The zero-order valence-electron chi connectivity index (χ0n) is 8.64. The van der Waals surface area contributed by atoms with E-state index >= 15 is 0 Å². The lowest BCUT2D eigenvalue weighted by atomic mass is 10.2. The lowest BCUT2D eigenvalue weighted by Crippen LogP contribution is -2.25. The van der Waals surface area contributed by atoms with E-state index in [-0.39, 0.29) is 22.1 Å². The van der Waals surface area contributed by atoms with Gasteiger partial charge >= 0.3 is 0 Å². The van der Waals surface area contributed by atoms with Gasteiger partial charge in [-0.3, -0.25) is 4.79 Å². The van der Waals surface area contributed by atoms with Gasteiger partial charge in [-0.25, -0.2) is 4.39 Å². The highest BCUT2D eigenvalue weighted by Crippen LogP contribution is 2.32. The molecule has 0 aromatic heterocycles. The molecule has 1 aromatic carbocycles. The van der Waals surface area contributed by atoms with Gasteiger partial charge in [0.05, 0.1) is 16.1 Å². The molecule has 1 fully saturated rings. The number of halogens is 3. The molecule has 1 atom stereocenters. The van der Waals surface area contributed by atoms with Gasteiger partial charge in [0.15, 0.2) is 0 Å². The number of anilines is 1. The minimum Gasteiger partial charge on any atom is -0.309 e. The van der Waals surface area contributed by atoms with Crippen LogP contribution < -0.4 is 4.90 Å². The molecular weight excluding hydrogens is 252 g/mol. The fourth-order valence-corrected chi connectivity index (χ4v) is 2.27. The van der Waals surface area contributed by atoms with Crippen LogP contribution in [0, 0.1) is 12.7 Å². The number of aryl methyl sites for hydroxylation is 1. The molecule has 0 saturated carbocycles. The van der Waals surface area contributed by atoms with Crippen LogP contribution in [0.2, 0.25) is 5.02 Å². The van der Waals surface area contributed by atoms with Crippen LogP contribution in [-0.4, -0.2) is 17.8 Å². The molecule has 2 rings (SSSR count). The summed E-state index contributed by atoms with van der Waals surface area (Å²) in [5.41, 5.74) is 0.999. The molecule has 1 aromatic rings. The highest BCUT2D eigenvalue weighted by Gasteiger charge is 2.30. The number of carbonyl (C=O) groups excluding carboxylic acids is 1. The Hall–Kier alpha value is -0.800. The van der Waals surface area contributed by atoms with Gasteiger partial charge in [-0.2, -0.15) is 0 Å². The van der Waals surface area contributed by atoms with E-state index in [1.807, 2.05) is 0 Å². The maximum atomic E-state index is 13.2. The van der Waals surface area contributed by atoms with Crippen LogP contribution in [0.1, 0.15) is 12.0 Å². The van der Waals surface area contributed by atoms with Crippen molar-refractivity contribution in [2.45, 2.75) is 18.7 Å². The molecule has 0 radical (unpaired) electrons. The zero-order valence-corrected chi connectivity index (χ0v) is 10.1. The van der Waals surface area contributed by atoms with E-state index in [0.29, 0.717) is 24.2 Å². The third kappa shape index (κ3) is 2.02. The van der Waals surface area contributed by atoms with E-state index in [1.165, 1.54) is 11.0 Å². The minimum atomic E-state index is -0.372. The molecule has 1 unspecified atom stereocenters. The summed E-state index contributed by atoms with van der Waals surface area (Å²) in [4.78, 5) is 13.1. The number of carbonyl (C=O) groups is 1. The third-order valence-electron chi connectivity index (χ3n) is 2.60. The summed E-state index contributed by atoms with van der Waals surface area (Å²) in [7, 11) is 0. The Bertz CT molecular complexity index is 450. The minimum absolute atomic E-state index is 0.0760. The number of benzene rings is 1. The Balaban J connectivity index is 2.41. The van der Waals surface area contributed by atoms with Gasteiger partial charge in [0.25, 0.3) is 0 Å². The van der Waals surface area contributed by atoms with Crippen molar-refractivity contribution in [3.05, 3.63) is 28.5 Å². The lowest BCUT2D eigenvalue weighted by molar-refractivity contribution is -0.117. The quantitative estimate of drug-likeness (QED) is 0.712. The molecule has 0 bridgehead atoms. The smallest absolute Gasteiger partial charge is 0.228 e. The van der Waals surface area contributed by atoms with Crippen molar-refractivity contribution < 1.29 is 9.18 Å². The molecule has 1 heterocycles. The molecule has 0 spiro atoms. The van der Waals surface area contributed by atoms with E-state index in [1.54, 1.807) is 13.0 Å². The Morgan fingerprint density at radius 1 is 1.50 bits per heavy atom. The molecule has 1 saturated heterocycles. The van der Waals surface area contributed by atoms with E-state index < -0.39 is 0 Å². The van der Waals surface area contributed by atoms with E-state index in [4.69, 9.17) is 23.2 Å². The predicted molar refractivity (Wildman–Crippen MR) is 62.8 cm³/mol. The van der Waals surface area contributed by atoms with Crippen molar-refractivity contribution in [2.75, 3.05) is 11.4 Å². The maximum absolute atomic E-state index is 13.2. The Morgan fingerprint density at radius 2 is 2.19 bits per heavy atom. The van der Waals surface area contributed by atoms with Crippen molar-refractivity contribution in [1.82, 2.24) is 0 Å². The molecule has 1 amide bonds. The average molecular weight is 262 g/mol. The number of amides is 1. The van der Waals surface area contributed by atoms with Gasteiger partial charge in [-0.15, -0.1) is 11.6 Å². The van der Waals surface area contributed by atoms with Gasteiger partial charge in [0.2, 0.25) is 5.91 Å². The van der Waals surface area contributed by atoms with E-state index in [2.05, 4.69) is 0 Å². The Morgan fingerprint density at radius 3 is 2.75 bits per heavy atom. The summed E-state index contributed by atoms with van der Waals surface area (Å²) < 4.78 is 13.2.